The van der Waals surface area contributed by atoms with Gasteiger partial charge in [-0.2, -0.15) is 4.99 Å². The maximum absolute atomic E-state index is 13.1. The number of halogens is 2. The van der Waals surface area contributed by atoms with Crippen LogP contribution >= 0.6 is 23.2 Å². The molecule has 2 aliphatic rings. The van der Waals surface area contributed by atoms with E-state index in [0.29, 0.717) is 28.7 Å². The van der Waals surface area contributed by atoms with E-state index in [1.165, 1.54) is 25.3 Å². The first kappa shape index (κ1) is 26.4. The molecule has 0 bridgehead atoms. The summed E-state index contributed by atoms with van der Waals surface area (Å²) in [4.78, 5) is 42.9. The molecule has 192 valence electrons. The summed E-state index contributed by atoms with van der Waals surface area (Å²) in [5.41, 5.74) is 2.79. The maximum atomic E-state index is 13.1. The minimum atomic E-state index is -1.01. The lowest BCUT2D eigenvalue weighted by atomic mass is 9.91. The summed E-state index contributed by atoms with van der Waals surface area (Å²) in [5, 5.41) is 6.09. The van der Waals surface area contributed by atoms with Gasteiger partial charge in [0.2, 0.25) is 17.7 Å². The van der Waals surface area contributed by atoms with Gasteiger partial charge in [-0.05, 0) is 54.7 Å². The highest BCUT2D eigenvalue weighted by Crippen LogP contribution is 2.29. The number of carbonyl (C=O) groups excluding carboxylic acids is 3. The predicted molar refractivity (Wildman–Crippen MR) is 141 cm³/mol. The summed E-state index contributed by atoms with van der Waals surface area (Å²) in [6, 6.07) is 11.4. The Balaban J connectivity index is 1.46. The van der Waals surface area contributed by atoms with Gasteiger partial charge in [-0.15, -0.1) is 0 Å². The van der Waals surface area contributed by atoms with E-state index in [-0.39, 0.29) is 29.3 Å². The number of piperidine rings is 1. The van der Waals surface area contributed by atoms with E-state index in [4.69, 9.17) is 32.7 Å². The van der Waals surface area contributed by atoms with E-state index < -0.39 is 23.7 Å². The van der Waals surface area contributed by atoms with E-state index in [0.717, 1.165) is 17.6 Å². The fraction of sp³-hybridized carbons (Fsp3) is 0.259. The molecular weight excluding hydrogens is 517 g/mol. The minimum absolute atomic E-state index is 0.0105. The lowest BCUT2D eigenvalue weighted by molar-refractivity contribution is -0.131. The molecule has 37 heavy (non-hydrogen) atoms. The fourth-order valence-electron chi connectivity index (χ4n) is 3.99. The van der Waals surface area contributed by atoms with Crippen LogP contribution in [0.5, 0.6) is 0 Å². The van der Waals surface area contributed by atoms with Crippen LogP contribution in [-0.2, 0) is 25.7 Å². The molecule has 1 unspecified atom stereocenters. The molecule has 4 rings (SSSR count). The third-order valence-corrected chi connectivity index (χ3v) is 6.81. The van der Waals surface area contributed by atoms with Crippen molar-refractivity contribution in [2.45, 2.75) is 32.8 Å². The number of rotatable bonds is 7. The Morgan fingerprint density at radius 3 is 2.68 bits per heavy atom. The van der Waals surface area contributed by atoms with Crippen LogP contribution in [0.25, 0.3) is 0 Å². The van der Waals surface area contributed by atoms with Gasteiger partial charge in [-0.1, -0.05) is 54.4 Å². The standard InChI is InChI=1S/C27H25Cl2N3O5/c1-3-15-8-9-16-12-19(25(34)31-23(16)32-26(15)36-2)24(33)30-22-13-17(10-11-21(22)29)27(35)37-14-18-6-4-5-7-20(18)28/h4-7,9-11,13,19H,3,8,12,14H2,1-2H3,(H,30,33)(H,31,32,34). The second-order valence-electron chi connectivity index (χ2n) is 8.46. The third kappa shape index (κ3) is 6.03. The van der Waals surface area contributed by atoms with Crippen LogP contribution in [0.4, 0.5) is 5.69 Å². The molecule has 0 radical (unpaired) electrons. The van der Waals surface area contributed by atoms with Crippen molar-refractivity contribution in [3.8, 4) is 0 Å². The molecule has 8 nitrogen and oxygen atoms in total. The van der Waals surface area contributed by atoms with Crippen molar-refractivity contribution in [2.75, 3.05) is 12.4 Å². The number of aliphatic imine (C=N–C) groups is 1. The van der Waals surface area contributed by atoms with Gasteiger partial charge in [0.15, 0.2) is 0 Å². The fourth-order valence-corrected chi connectivity index (χ4v) is 4.35. The molecule has 0 saturated carbocycles. The van der Waals surface area contributed by atoms with Crippen molar-refractivity contribution in [2.24, 2.45) is 10.9 Å². The van der Waals surface area contributed by atoms with Gasteiger partial charge < -0.3 is 20.1 Å². The number of nitrogens with zero attached hydrogens (tertiary/aromatic N) is 1. The lowest BCUT2D eigenvalue weighted by Crippen LogP contribution is -2.47. The average molecular weight is 542 g/mol. The number of anilines is 1. The number of benzene rings is 2. The molecular formula is C27H25Cl2N3O5. The maximum Gasteiger partial charge on any atom is 0.338 e. The van der Waals surface area contributed by atoms with Gasteiger partial charge >= 0.3 is 5.97 Å². The zero-order valence-electron chi connectivity index (χ0n) is 20.3. The number of fused-ring (bicyclic) bond motifs is 1. The Bertz CT molecular complexity index is 1350. The Hall–Kier alpha value is -3.62. The van der Waals surface area contributed by atoms with E-state index >= 15 is 0 Å². The number of allylic oxidation sites excluding steroid dienone is 2. The largest absolute Gasteiger partial charge is 0.481 e. The van der Waals surface area contributed by atoms with E-state index in [9.17, 15) is 14.4 Å². The van der Waals surface area contributed by atoms with Crippen molar-refractivity contribution in [3.05, 3.63) is 86.7 Å². The van der Waals surface area contributed by atoms with Crippen molar-refractivity contribution in [1.82, 2.24) is 5.32 Å². The van der Waals surface area contributed by atoms with Crippen LogP contribution in [0.15, 0.2) is 70.6 Å². The first-order chi connectivity index (χ1) is 17.8. The van der Waals surface area contributed by atoms with Crippen LogP contribution < -0.4 is 10.6 Å². The average Bonchev–Trinajstić information content (AvgIpc) is 3.07. The summed E-state index contributed by atoms with van der Waals surface area (Å²) in [7, 11) is 1.53. The Morgan fingerprint density at radius 1 is 1.16 bits per heavy atom. The van der Waals surface area contributed by atoms with Gasteiger partial charge in [-0.25, -0.2) is 4.79 Å². The van der Waals surface area contributed by atoms with Gasteiger partial charge in [0.1, 0.15) is 18.4 Å². The zero-order valence-corrected chi connectivity index (χ0v) is 21.8. The zero-order chi connectivity index (χ0) is 26.5. The Morgan fingerprint density at radius 2 is 1.95 bits per heavy atom. The van der Waals surface area contributed by atoms with Crippen LogP contribution in [0.3, 0.4) is 0 Å². The van der Waals surface area contributed by atoms with Crippen molar-refractivity contribution in [1.29, 1.82) is 0 Å². The number of amides is 2. The molecule has 2 aromatic rings. The van der Waals surface area contributed by atoms with E-state index in [1.54, 1.807) is 24.3 Å². The highest BCUT2D eigenvalue weighted by molar-refractivity contribution is 6.34. The highest BCUT2D eigenvalue weighted by Gasteiger charge is 2.35. The first-order valence-electron chi connectivity index (χ1n) is 11.7. The summed E-state index contributed by atoms with van der Waals surface area (Å²) in [5.74, 6) is -1.81. The molecule has 2 N–H and O–H groups in total. The van der Waals surface area contributed by atoms with Gasteiger partial charge in [-0.3, -0.25) is 9.59 Å². The summed E-state index contributed by atoms with van der Waals surface area (Å²) < 4.78 is 10.7. The number of ether oxygens (including phenoxy) is 2. The number of carbonyl (C=O) groups is 3. The van der Waals surface area contributed by atoms with Crippen LogP contribution in [0.2, 0.25) is 10.0 Å². The number of hydrogen-bond donors (Lipinski definition) is 2. The van der Waals surface area contributed by atoms with Gasteiger partial charge in [0.05, 0.1) is 23.4 Å². The third-order valence-electron chi connectivity index (χ3n) is 6.11. The molecule has 1 saturated heterocycles. The van der Waals surface area contributed by atoms with Gasteiger partial charge in [0, 0.05) is 10.6 Å². The molecule has 0 aromatic heterocycles. The lowest BCUT2D eigenvalue weighted by Gasteiger charge is -2.25. The molecule has 10 heteroatoms. The number of nitrogens with one attached hydrogen (secondary N) is 2. The molecule has 1 atom stereocenters. The molecule has 0 spiro atoms. The van der Waals surface area contributed by atoms with Crippen molar-refractivity contribution < 1.29 is 23.9 Å². The molecule has 1 fully saturated rings. The number of amidine groups is 1. The Labute approximate surface area is 224 Å². The van der Waals surface area contributed by atoms with Gasteiger partial charge in [0.25, 0.3) is 0 Å². The molecule has 2 heterocycles. The predicted octanol–water partition coefficient (Wildman–Crippen LogP) is 5.42. The quantitative estimate of drug-likeness (QED) is 0.359. The normalized spacial score (nSPS) is 17.1. The first-order valence-corrected chi connectivity index (χ1v) is 12.4. The Kier molecular flexibility index (Phi) is 8.31. The van der Waals surface area contributed by atoms with E-state index in [2.05, 4.69) is 15.6 Å². The minimum Gasteiger partial charge on any atom is -0.481 e. The number of hydrogen-bond acceptors (Lipinski definition) is 6. The van der Waals surface area contributed by atoms with Crippen LogP contribution in [-0.4, -0.2) is 30.7 Å². The summed E-state index contributed by atoms with van der Waals surface area (Å²) >= 11 is 12.4. The van der Waals surface area contributed by atoms with Crippen molar-refractivity contribution in [3.63, 3.8) is 0 Å². The number of esters is 1. The number of methoxy groups -OCH3 is 1. The van der Waals surface area contributed by atoms with Crippen molar-refractivity contribution >= 4 is 52.5 Å². The summed E-state index contributed by atoms with van der Waals surface area (Å²) in [6.07, 6.45) is 3.47. The van der Waals surface area contributed by atoms with E-state index in [1.807, 2.05) is 13.0 Å². The second-order valence-corrected chi connectivity index (χ2v) is 9.27. The topological polar surface area (TPSA) is 106 Å². The molecule has 2 amide bonds. The second kappa shape index (κ2) is 11.6. The molecule has 0 aliphatic carbocycles. The summed E-state index contributed by atoms with van der Waals surface area (Å²) in [6.45, 7) is 1.99. The SMILES string of the molecule is CCC1=C(OC)N=C2NC(=O)C(C(=O)Nc3cc(C(=O)OCc4ccccc4Cl)ccc3Cl)CC2=CC1. The monoisotopic (exact) mass is 541 g/mol. The molecule has 2 aliphatic heterocycles. The highest BCUT2D eigenvalue weighted by atomic mass is 35.5. The molecule has 2 aromatic carbocycles. The van der Waals surface area contributed by atoms with Crippen LogP contribution in [0, 0.1) is 5.92 Å². The smallest absolute Gasteiger partial charge is 0.338 e. The van der Waals surface area contributed by atoms with Crippen LogP contribution in [0.1, 0.15) is 42.1 Å².